The van der Waals surface area contributed by atoms with E-state index in [9.17, 15) is 8.42 Å². The number of nitrogens with one attached hydrogen (secondary N) is 2. The predicted molar refractivity (Wildman–Crippen MR) is 70.4 cm³/mol. The second-order valence-electron chi connectivity index (χ2n) is 4.20. The molecule has 0 saturated heterocycles. The van der Waals surface area contributed by atoms with Gasteiger partial charge in [-0.15, -0.1) is 0 Å². The maximum atomic E-state index is 10.9. The number of rotatable bonds is 6. The van der Waals surface area contributed by atoms with E-state index in [1.807, 2.05) is 12.1 Å². The van der Waals surface area contributed by atoms with Gasteiger partial charge < -0.3 is 5.32 Å². The van der Waals surface area contributed by atoms with Crippen molar-refractivity contribution in [3.63, 3.8) is 0 Å². The first-order valence-electron chi connectivity index (χ1n) is 5.63. The molecule has 2 N–H and O–H groups in total. The third-order valence-electron chi connectivity index (χ3n) is 2.59. The fourth-order valence-corrected chi connectivity index (χ4v) is 2.18. The SMILES string of the molecule is Cc1ccccc1C(C)NCCNS(C)(=O)=O. The van der Waals surface area contributed by atoms with Crippen molar-refractivity contribution < 1.29 is 8.42 Å². The Kier molecular flexibility index (Phi) is 5.11. The summed E-state index contributed by atoms with van der Waals surface area (Å²) in [5.74, 6) is 0. The van der Waals surface area contributed by atoms with Gasteiger partial charge in [0.05, 0.1) is 6.26 Å². The van der Waals surface area contributed by atoms with Crippen LogP contribution in [0.25, 0.3) is 0 Å². The van der Waals surface area contributed by atoms with Crippen LogP contribution in [0.1, 0.15) is 24.1 Å². The van der Waals surface area contributed by atoms with E-state index in [1.54, 1.807) is 0 Å². The Hall–Kier alpha value is -0.910. The quantitative estimate of drug-likeness (QED) is 0.752. The van der Waals surface area contributed by atoms with Crippen LogP contribution in [-0.4, -0.2) is 27.8 Å². The van der Waals surface area contributed by atoms with E-state index in [2.05, 4.69) is 36.0 Å². The first kappa shape index (κ1) is 14.2. The molecule has 0 heterocycles. The molecule has 0 aliphatic carbocycles. The molecule has 0 saturated carbocycles. The highest BCUT2D eigenvalue weighted by Crippen LogP contribution is 2.15. The van der Waals surface area contributed by atoms with Crippen molar-refractivity contribution in [1.29, 1.82) is 0 Å². The van der Waals surface area contributed by atoms with E-state index in [0.29, 0.717) is 13.1 Å². The van der Waals surface area contributed by atoms with E-state index < -0.39 is 10.0 Å². The zero-order valence-corrected chi connectivity index (χ0v) is 11.3. The van der Waals surface area contributed by atoms with Crippen molar-refractivity contribution in [2.24, 2.45) is 0 Å². The van der Waals surface area contributed by atoms with Crippen LogP contribution in [0.15, 0.2) is 24.3 Å². The molecule has 0 aromatic heterocycles. The highest BCUT2D eigenvalue weighted by Gasteiger charge is 2.07. The standard InChI is InChI=1S/C12H20N2O2S/c1-10-6-4-5-7-12(10)11(2)13-8-9-14-17(3,15)16/h4-7,11,13-14H,8-9H2,1-3H3. The molecule has 0 aliphatic heterocycles. The van der Waals surface area contributed by atoms with Crippen molar-refractivity contribution >= 4 is 10.0 Å². The molecule has 1 aromatic rings. The molecule has 1 atom stereocenters. The zero-order chi connectivity index (χ0) is 12.9. The van der Waals surface area contributed by atoms with E-state index in [0.717, 1.165) is 6.26 Å². The molecule has 4 nitrogen and oxygen atoms in total. The fourth-order valence-electron chi connectivity index (χ4n) is 1.71. The molecular formula is C12H20N2O2S. The minimum absolute atomic E-state index is 0.220. The van der Waals surface area contributed by atoms with Gasteiger partial charge in [-0.3, -0.25) is 0 Å². The summed E-state index contributed by atoms with van der Waals surface area (Å²) in [6.07, 6.45) is 1.16. The summed E-state index contributed by atoms with van der Waals surface area (Å²) in [6, 6.07) is 8.39. The fraction of sp³-hybridized carbons (Fsp3) is 0.500. The molecule has 96 valence electrons. The van der Waals surface area contributed by atoms with Crippen LogP contribution < -0.4 is 10.0 Å². The van der Waals surface area contributed by atoms with Gasteiger partial charge in [0.1, 0.15) is 0 Å². The number of hydrogen-bond donors (Lipinski definition) is 2. The smallest absolute Gasteiger partial charge is 0.208 e. The molecule has 0 bridgehead atoms. The van der Waals surface area contributed by atoms with Gasteiger partial charge in [0.15, 0.2) is 0 Å². The Bertz CT molecular complexity index is 457. The van der Waals surface area contributed by atoms with Crippen LogP contribution in [0.2, 0.25) is 0 Å². The molecule has 1 rings (SSSR count). The molecule has 5 heteroatoms. The van der Waals surface area contributed by atoms with E-state index >= 15 is 0 Å². The Labute approximate surface area is 103 Å². The lowest BCUT2D eigenvalue weighted by Gasteiger charge is -2.16. The third kappa shape index (κ3) is 5.30. The van der Waals surface area contributed by atoms with Gasteiger partial charge in [0.25, 0.3) is 0 Å². The van der Waals surface area contributed by atoms with Gasteiger partial charge in [0, 0.05) is 19.1 Å². The van der Waals surface area contributed by atoms with Gasteiger partial charge in [0.2, 0.25) is 10.0 Å². The lowest BCUT2D eigenvalue weighted by molar-refractivity contribution is 0.555. The third-order valence-corrected chi connectivity index (χ3v) is 3.32. The van der Waals surface area contributed by atoms with Crippen molar-refractivity contribution in [3.05, 3.63) is 35.4 Å². The predicted octanol–water partition coefficient (Wildman–Crippen LogP) is 1.19. The zero-order valence-electron chi connectivity index (χ0n) is 10.5. The first-order chi connectivity index (χ1) is 7.90. The number of aryl methyl sites for hydroxylation is 1. The molecule has 0 fully saturated rings. The monoisotopic (exact) mass is 256 g/mol. The number of hydrogen-bond acceptors (Lipinski definition) is 3. The van der Waals surface area contributed by atoms with Gasteiger partial charge >= 0.3 is 0 Å². The Morgan fingerprint density at radius 2 is 1.88 bits per heavy atom. The van der Waals surface area contributed by atoms with E-state index in [1.165, 1.54) is 11.1 Å². The van der Waals surface area contributed by atoms with Crippen molar-refractivity contribution in [3.8, 4) is 0 Å². The minimum Gasteiger partial charge on any atom is -0.309 e. The van der Waals surface area contributed by atoms with Gasteiger partial charge in [-0.25, -0.2) is 13.1 Å². The molecule has 0 spiro atoms. The van der Waals surface area contributed by atoms with Crippen LogP contribution in [0, 0.1) is 6.92 Å². The maximum absolute atomic E-state index is 10.9. The molecule has 0 aliphatic rings. The second kappa shape index (κ2) is 6.14. The summed E-state index contributed by atoms with van der Waals surface area (Å²) < 4.78 is 24.2. The van der Waals surface area contributed by atoms with Crippen molar-refractivity contribution in [2.45, 2.75) is 19.9 Å². The van der Waals surface area contributed by atoms with Crippen LogP contribution >= 0.6 is 0 Å². The van der Waals surface area contributed by atoms with Crippen LogP contribution in [0.4, 0.5) is 0 Å². The summed E-state index contributed by atoms with van der Waals surface area (Å²) in [5, 5.41) is 3.29. The summed E-state index contributed by atoms with van der Waals surface area (Å²) in [7, 11) is -3.08. The number of benzene rings is 1. The molecule has 1 aromatic carbocycles. The Balaban J connectivity index is 2.41. The summed E-state index contributed by atoms with van der Waals surface area (Å²) in [6.45, 7) is 5.17. The van der Waals surface area contributed by atoms with Crippen LogP contribution in [0.3, 0.4) is 0 Å². The average molecular weight is 256 g/mol. The van der Waals surface area contributed by atoms with Crippen molar-refractivity contribution in [1.82, 2.24) is 10.0 Å². The van der Waals surface area contributed by atoms with Gasteiger partial charge in [-0.05, 0) is 25.0 Å². The molecule has 17 heavy (non-hydrogen) atoms. The van der Waals surface area contributed by atoms with Crippen LogP contribution in [0.5, 0.6) is 0 Å². The van der Waals surface area contributed by atoms with E-state index in [4.69, 9.17) is 0 Å². The summed E-state index contributed by atoms with van der Waals surface area (Å²) >= 11 is 0. The minimum atomic E-state index is -3.08. The molecular weight excluding hydrogens is 236 g/mol. The molecule has 0 amide bonds. The topological polar surface area (TPSA) is 58.2 Å². The normalized spacial score (nSPS) is 13.6. The second-order valence-corrected chi connectivity index (χ2v) is 6.03. The Morgan fingerprint density at radius 1 is 1.24 bits per heavy atom. The summed E-state index contributed by atoms with van der Waals surface area (Å²) in [4.78, 5) is 0. The Morgan fingerprint density at radius 3 is 2.47 bits per heavy atom. The molecule has 1 unspecified atom stereocenters. The average Bonchev–Trinajstić information content (AvgIpc) is 2.23. The van der Waals surface area contributed by atoms with Gasteiger partial charge in [-0.2, -0.15) is 0 Å². The lowest BCUT2D eigenvalue weighted by atomic mass is 10.0. The van der Waals surface area contributed by atoms with Crippen LogP contribution in [-0.2, 0) is 10.0 Å². The summed E-state index contributed by atoms with van der Waals surface area (Å²) in [5.41, 5.74) is 2.48. The van der Waals surface area contributed by atoms with Gasteiger partial charge in [-0.1, -0.05) is 24.3 Å². The first-order valence-corrected chi connectivity index (χ1v) is 7.53. The number of sulfonamides is 1. The maximum Gasteiger partial charge on any atom is 0.208 e. The highest BCUT2D eigenvalue weighted by molar-refractivity contribution is 7.88. The van der Waals surface area contributed by atoms with E-state index in [-0.39, 0.29) is 6.04 Å². The highest BCUT2D eigenvalue weighted by atomic mass is 32.2. The largest absolute Gasteiger partial charge is 0.309 e. The van der Waals surface area contributed by atoms with Crippen molar-refractivity contribution in [2.75, 3.05) is 19.3 Å². The lowest BCUT2D eigenvalue weighted by Crippen LogP contribution is -2.32. The molecule has 0 radical (unpaired) electrons.